The van der Waals surface area contributed by atoms with E-state index in [0.29, 0.717) is 12.6 Å². The molecule has 0 aliphatic carbocycles. The molecular formula is C11H16N4. The van der Waals surface area contributed by atoms with Crippen LogP contribution in [-0.4, -0.2) is 21.1 Å². The summed E-state index contributed by atoms with van der Waals surface area (Å²) in [7, 11) is 0. The van der Waals surface area contributed by atoms with E-state index in [1.165, 1.54) is 0 Å². The normalized spacial score (nSPS) is 11.5. The highest BCUT2D eigenvalue weighted by Crippen LogP contribution is 2.16. The Morgan fingerprint density at radius 1 is 1.40 bits per heavy atom. The molecule has 0 amide bonds. The average Bonchev–Trinajstić information content (AvgIpc) is 2.61. The molecule has 4 heteroatoms. The van der Waals surface area contributed by atoms with Gasteiger partial charge in [-0.05, 0) is 38.4 Å². The second-order valence-electron chi connectivity index (χ2n) is 3.97. The first-order valence-corrected chi connectivity index (χ1v) is 5.24. The molecule has 2 aromatic rings. The van der Waals surface area contributed by atoms with Crippen LogP contribution < -0.4 is 5.73 Å². The highest BCUT2D eigenvalue weighted by molar-refractivity contribution is 5.71. The number of nitrogens with two attached hydrogens (primary N) is 1. The van der Waals surface area contributed by atoms with E-state index in [4.69, 9.17) is 5.73 Å². The van der Waals surface area contributed by atoms with Gasteiger partial charge in [-0.2, -0.15) is 0 Å². The summed E-state index contributed by atoms with van der Waals surface area (Å²) in [6.45, 7) is 4.89. The van der Waals surface area contributed by atoms with Crippen LogP contribution in [0.2, 0.25) is 0 Å². The molecule has 0 radical (unpaired) electrons. The summed E-state index contributed by atoms with van der Waals surface area (Å²) >= 11 is 0. The monoisotopic (exact) mass is 204 g/mol. The van der Waals surface area contributed by atoms with Gasteiger partial charge in [-0.3, -0.25) is 0 Å². The highest BCUT2D eigenvalue weighted by atomic mass is 15.1. The van der Waals surface area contributed by atoms with E-state index in [1.54, 1.807) is 0 Å². The molecule has 0 saturated carbocycles. The maximum absolute atomic E-state index is 5.50. The van der Waals surface area contributed by atoms with Gasteiger partial charge in [0.05, 0.1) is 6.33 Å². The molecule has 0 saturated heterocycles. The van der Waals surface area contributed by atoms with Gasteiger partial charge >= 0.3 is 0 Å². The minimum absolute atomic E-state index is 0.392. The van der Waals surface area contributed by atoms with Crippen LogP contribution >= 0.6 is 0 Å². The van der Waals surface area contributed by atoms with E-state index >= 15 is 0 Å². The highest BCUT2D eigenvalue weighted by Gasteiger charge is 2.06. The van der Waals surface area contributed by atoms with Crippen LogP contribution in [0.25, 0.3) is 11.2 Å². The Bertz CT molecular complexity index is 459. The summed E-state index contributed by atoms with van der Waals surface area (Å²) in [6.07, 6.45) is 4.59. The average molecular weight is 204 g/mol. The van der Waals surface area contributed by atoms with Crippen molar-refractivity contribution in [1.29, 1.82) is 0 Å². The fourth-order valence-electron chi connectivity index (χ4n) is 1.64. The maximum Gasteiger partial charge on any atom is 0.160 e. The Balaban J connectivity index is 2.47. The molecule has 15 heavy (non-hydrogen) atoms. The first-order chi connectivity index (χ1) is 7.22. The Hall–Kier alpha value is -1.42. The molecule has 80 valence electrons. The van der Waals surface area contributed by atoms with Crippen LogP contribution in [0.3, 0.4) is 0 Å². The molecule has 0 bridgehead atoms. The first kappa shape index (κ1) is 10.1. The van der Waals surface area contributed by atoms with Gasteiger partial charge in [0, 0.05) is 12.2 Å². The summed E-state index contributed by atoms with van der Waals surface area (Å²) < 4.78 is 2.07. The Kier molecular flexibility index (Phi) is 2.68. The van der Waals surface area contributed by atoms with Crippen LogP contribution in [0.15, 0.2) is 18.6 Å². The second-order valence-corrected chi connectivity index (χ2v) is 3.97. The lowest BCUT2D eigenvalue weighted by molar-refractivity contribution is 0.613. The number of nitrogens with zero attached hydrogens (tertiary/aromatic N) is 3. The SMILES string of the molecule is CC(C)n1cnc2cc(CCN)cnc21. The van der Waals surface area contributed by atoms with Crippen molar-refractivity contribution in [3.8, 4) is 0 Å². The lowest BCUT2D eigenvalue weighted by atomic mass is 10.2. The Labute approximate surface area is 89.1 Å². The number of imidazole rings is 1. The third-order valence-corrected chi connectivity index (χ3v) is 2.46. The van der Waals surface area contributed by atoms with Crippen LogP contribution in [0.5, 0.6) is 0 Å². The van der Waals surface area contributed by atoms with Gasteiger partial charge in [0.15, 0.2) is 5.65 Å². The van der Waals surface area contributed by atoms with Crippen molar-refractivity contribution in [2.24, 2.45) is 5.73 Å². The van der Waals surface area contributed by atoms with Crippen molar-refractivity contribution in [2.75, 3.05) is 6.54 Å². The zero-order chi connectivity index (χ0) is 10.8. The smallest absolute Gasteiger partial charge is 0.160 e. The molecule has 0 atom stereocenters. The van der Waals surface area contributed by atoms with E-state index in [-0.39, 0.29) is 0 Å². The van der Waals surface area contributed by atoms with E-state index < -0.39 is 0 Å². The topological polar surface area (TPSA) is 56.7 Å². The van der Waals surface area contributed by atoms with Crippen molar-refractivity contribution < 1.29 is 0 Å². The van der Waals surface area contributed by atoms with Crippen molar-refractivity contribution >= 4 is 11.2 Å². The maximum atomic E-state index is 5.50. The van der Waals surface area contributed by atoms with Crippen LogP contribution in [0.4, 0.5) is 0 Å². The fraction of sp³-hybridized carbons (Fsp3) is 0.455. The molecular weight excluding hydrogens is 188 g/mol. The van der Waals surface area contributed by atoms with Gasteiger partial charge in [0.2, 0.25) is 0 Å². The molecule has 2 aromatic heterocycles. The number of aromatic nitrogens is 3. The molecule has 2 rings (SSSR count). The predicted molar refractivity (Wildman–Crippen MR) is 60.7 cm³/mol. The van der Waals surface area contributed by atoms with E-state index in [0.717, 1.165) is 23.1 Å². The van der Waals surface area contributed by atoms with E-state index in [9.17, 15) is 0 Å². The summed E-state index contributed by atoms with van der Waals surface area (Å²) in [5.41, 5.74) is 8.56. The molecule has 0 aliphatic rings. The van der Waals surface area contributed by atoms with Crippen molar-refractivity contribution in [2.45, 2.75) is 26.3 Å². The minimum atomic E-state index is 0.392. The van der Waals surface area contributed by atoms with Crippen LogP contribution in [-0.2, 0) is 6.42 Å². The summed E-state index contributed by atoms with van der Waals surface area (Å²) in [6, 6.07) is 2.46. The quantitative estimate of drug-likeness (QED) is 0.824. The summed E-state index contributed by atoms with van der Waals surface area (Å²) in [5.74, 6) is 0. The van der Waals surface area contributed by atoms with E-state index in [1.807, 2.05) is 12.5 Å². The zero-order valence-electron chi connectivity index (χ0n) is 9.14. The zero-order valence-corrected chi connectivity index (χ0v) is 9.14. The lowest BCUT2D eigenvalue weighted by Gasteiger charge is -2.06. The third-order valence-electron chi connectivity index (χ3n) is 2.46. The van der Waals surface area contributed by atoms with Crippen LogP contribution in [0.1, 0.15) is 25.5 Å². The number of hydrogen-bond acceptors (Lipinski definition) is 3. The van der Waals surface area contributed by atoms with Crippen LogP contribution in [0, 0.1) is 0 Å². The van der Waals surface area contributed by atoms with Crippen molar-refractivity contribution in [1.82, 2.24) is 14.5 Å². The number of pyridine rings is 1. The molecule has 0 aromatic carbocycles. The number of hydrogen-bond donors (Lipinski definition) is 1. The van der Waals surface area contributed by atoms with Gasteiger partial charge < -0.3 is 10.3 Å². The van der Waals surface area contributed by atoms with Crippen molar-refractivity contribution in [3.63, 3.8) is 0 Å². The number of rotatable bonds is 3. The molecule has 0 aliphatic heterocycles. The fourth-order valence-corrected chi connectivity index (χ4v) is 1.64. The minimum Gasteiger partial charge on any atom is -0.330 e. The Morgan fingerprint density at radius 2 is 2.20 bits per heavy atom. The molecule has 2 heterocycles. The summed E-state index contributed by atoms with van der Waals surface area (Å²) in [5, 5.41) is 0. The lowest BCUT2D eigenvalue weighted by Crippen LogP contribution is -2.04. The standard InChI is InChI=1S/C11H16N4/c1-8(2)15-7-14-10-5-9(3-4-12)6-13-11(10)15/h5-8H,3-4,12H2,1-2H3. The van der Waals surface area contributed by atoms with E-state index in [2.05, 4.69) is 34.4 Å². The van der Waals surface area contributed by atoms with Gasteiger partial charge in [-0.1, -0.05) is 0 Å². The molecule has 0 unspecified atom stereocenters. The van der Waals surface area contributed by atoms with Crippen molar-refractivity contribution in [3.05, 3.63) is 24.2 Å². The second kappa shape index (κ2) is 3.98. The Morgan fingerprint density at radius 3 is 2.87 bits per heavy atom. The molecule has 0 spiro atoms. The van der Waals surface area contributed by atoms with Gasteiger partial charge in [0.25, 0.3) is 0 Å². The van der Waals surface area contributed by atoms with Gasteiger partial charge in [-0.15, -0.1) is 0 Å². The first-order valence-electron chi connectivity index (χ1n) is 5.24. The predicted octanol–water partition coefficient (Wildman–Crippen LogP) is 1.51. The van der Waals surface area contributed by atoms with Gasteiger partial charge in [-0.25, -0.2) is 9.97 Å². The largest absolute Gasteiger partial charge is 0.330 e. The molecule has 2 N–H and O–H groups in total. The van der Waals surface area contributed by atoms with Gasteiger partial charge in [0.1, 0.15) is 5.52 Å². The molecule has 4 nitrogen and oxygen atoms in total. The molecule has 0 fully saturated rings. The third kappa shape index (κ3) is 1.85. The summed E-state index contributed by atoms with van der Waals surface area (Å²) in [4.78, 5) is 8.77. The number of fused-ring (bicyclic) bond motifs is 1.